The largest absolute Gasteiger partial charge is 0.196 e. The number of rotatable bonds is 2. The molecule has 0 bridgehead atoms. The highest BCUT2D eigenvalue weighted by molar-refractivity contribution is 8.13. The molecule has 0 rings (SSSR count). The average Bonchev–Trinajstić information content (AvgIpc) is 1.59. The molecule has 1 unspecified atom stereocenters. The summed E-state index contributed by atoms with van der Waals surface area (Å²) in [6.45, 7) is 6.83. The zero-order chi connectivity index (χ0) is 7.49. The van der Waals surface area contributed by atoms with E-state index in [1.165, 1.54) is 12.2 Å². The SMILES string of the molecule is C=S(C)CCC(C)(C)C. The Morgan fingerprint density at radius 3 is 1.89 bits per heavy atom. The van der Waals surface area contributed by atoms with Gasteiger partial charge in [0, 0.05) is 0 Å². The molecule has 0 radical (unpaired) electrons. The van der Waals surface area contributed by atoms with Crippen molar-refractivity contribution >= 4 is 16.4 Å². The molecular weight excluding hydrogens is 128 g/mol. The van der Waals surface area contributed by atoms with Crippen LogP contribution in [-0.4, -0.2) is 17.9 Å². The number of hydrogen-bond acceptors (Lipinski definition) is 0. The Morgan fingerprint density at radius 1 is 1.33 bits per heavy atom. The Hall–Kier alpha value is 0.220. The molecule has 1 heteroatoms. The molecule has 0 nitrogen and oxygen atoms in total. The van der Waals surface area contributed by atoms with Gasteiger partial charge in [-0.15, -0.1) is 0 Å². The van der Waals surface area contributed by atoms with Crippen LogP contribution in [0.2, 0.25) is 0 Å². The molecule has 0 fully saturated rings. The second-order valence-electron chi connectivity index (χ2n) is 3.80. The summed E-state index contributed by atoms with van der Waals surface area (Å²) in [5.41, 5.74) is 0.499. The minimum Gasteiger partial charge on any atom is -0.196 e. The van der Waals surface area contributed by atoms with Gasteiger partial charge < -0.3 is 0 Å². The Bertz CT molecular complexity index is 97.6. The van der Waals surface area contributed by atoms with Crippen LogP contribution in [-0.2, 0) is 0 Å². The Balaban J connectivity index is 3.39. The Labute approximate surface area is 61.6 Å². The standard InChI is InChI=1S/C8H18S/c1-8(2,3)6-7-9(4)5/h4,6-7H2,1-3,5H3. The lowest BCUT2D eigenvalue weighted by molar-refractivity contribution is 0.401. The summed E-state index contributed by atoms with van der Waals surface area (Å²) in [5, 5.41) is 0. The van der Waals surface area contributed by atoms with Crippen LogP contribution in [0.3, 0.4) is 0 Å². The predicted molar refractivity (Wildman–Crippen MR) is 49.6 cm³/mol. The molecule has 0 saturated carbocycles. The summed E-state index contributed by atoms with van der Waals surface area (Å²) < 4.78 is 0. The average molecular weight is 146 g/mol. The van der Waals surface area contributed by atoms with Crippen LogP contribution >= 0.6 is 10.5 Å². The van der Waals surface area contributed by atoms with E-state index in [0.29, 0.717) is 15.9 Å². The maximum atomic E-state index is 3.97. The molecule has 9 heavy (non-hydrogen) atoms. The molecule has 0 aliphatic carbocycles. The lowest BCUT2D eigenvalue weighted by Gasteiger charge is -2.17. The van der Waals surface area contributed by atoms with Gasteiger partial charge in [-0.2, -0.15) is 10.5 Å². The fourth-order valence-corrected chi connectivity index (χ4v) is 1.44. The van der Waals surface area contributed by atoms with Gasteiger partial charge in [0.1, 0.15) is 0 Å². The molecule has 1 atom stereocenters. The van der Waals surface area contributed by atoms with E-state index in [-0.39, 0.29) is 0 Å². The van der Waals surface area contributed by atoms with Crippen molar-refractivity contribution in [2.75, 3.05) is 12.0 Å². The lowest BCUT2D eigenvalue weighted by Crippen LogP contribution is -2.05. The highest BCUT2D eigenvalue weighted by Gasteiger charge is 2.08. The van der Waals surface area contributed by atoms with Gasteiger partial charge in [-0.1, -0.05) is 26.6 Å². The normalized spacial score (nSPS) is 15.6. The van der Waals surface area contributed by atoms with Crippen molar-refractivity contribution in [1.29, 1.82) is 0 Å². The number of hydrogen-bond donors (Lipinski definition) is 0. The quantitative estimate of drug-likeness (QED) is 0.525. The molecule has 0 aromatic carbocycles. The van der Waals surface area contributed by atoms with Gasteiger partial charge in [0.15, 0.2) is 0 Å². The summed E-state index contributed by atoms with van der Waals surface area (Å²) in [6.07, 6.45) is 3.50. The molecule has 0 N–H and O–H groups in total. The summed E-state index contributed by atoms with van der Waals surface area (Å²) in [5.74, 6) is 5.25. The van der Waals surface area contributed by atoms with Gasteiger partial charge in [0.05, 0.1) is 0 Å². The van der Waals surface area contributed by atoms with Crippen molar-refractivity contribution in [3.8, 4) is 0 Å². The van der Waals surface area contributed by atoms with Crippen LogP contribution in [0.5, 0.6) is 0 Å². The van der Waals surface area contributed by atoms with E-state index < -0.39 is 0 Å². The second-order valence-corrected chi connectivity index (χ2v) is 5.77. The van der Waals surface area contributed by atoms with Crippen LogP contribution in [0, 0.1) is 5.41 Å². The highest BCUT2D eigenvalue weighted by Crippen LogP contribution is 2.21. The van der Waals surface area contributed by atoms with E-state index in [1.54, 1.807) is 0 Å². The first-order valence-corrected chi connectivity index (χ1v) is 5.31. The van der Waals surface area contributed by atoms with Crippen molar-refractivity contribution in [3.05, 3.63) is 0 Å². The van der Waals surface area contributed by atoms with Gasteiger partial charge in [-0.25, -0.2) is 0 Å². The monoisotopic (exact) mass is 146 g/mol. The van der Waals surface area contributed by atoms with E-state index in [0.717, 1.165) is 0 Å². The second kappa shape index (κ2) is 3.40. The van der Waals surface area contributed by atoms with Gasteiger partial charge in [0.2, 0.25) is 0 Å². The van der Waals surface area contributed by atoms with Crippen molar-refractivity contribution in [2.24, 2.45) is 5.41 Å². The highest BCUT2D eigenvalue weighted by atomic mass is 32.2. The molecule has 56 valence electrons. The van der Waals surface area contributed by atoms with Crippen LogP contribution < -0.4 is 0 Å². The van der Waals surface area contributed by atoms with Crippen molar-refractivity contribution in [1.82, 2.24) is 0 Å². The minimum atomic E-state index is 0.388. The molecule has 0 amide bonds. The Morgan fingerprint density at radius 2 is 1.78 bits per heavy atom. The van der Waals surface area contributed by atoms with Gasteiger partial charge >= 0.3 is 0 Å². The molecule has 0 aliphatic rings. The molecule has 0 saturated heterocycles. The maximum Gasteiger partial charge on any atom is -0.0120 e. The first kappa shape index (κ1) is 9.22. The first-order valence-electron chi connectivity index (χ1n) is 3.34. The van der Waals surface area contributed by atoms with E-state index in [9.17, 15) is 0 Å². The fourth-order valence-electron chi connectivity index (χ4n) is 0.480. The van der Waals surface area contributed by atoms with E-state index in [2.05, 4.69) is 32.9 Å². The van der Waals surface area contributed by atoms with Crippen molar-refractivity contribution in [3.63, 3.8) is 0 Å². The molecule has 0 aromatic rings. The van der Waals surface area contributed by atoms with E-state index >= 15 is 0 Å². The summed E-state index contributed by atoms with van der Waals surface area (Å²) in [7, 11) is 0.388. The van der Waals surface area contributed by atoms with Crippen molar-refractivity contribution < 1.29 is 0 Å². The molecule has 0 heterocycles. The summed E-state index contributed by atoms with van der Waals surface area (Å²) in [6, 6.07) is 0. The van der Waals surface area contributed by atoms with Crippen LogP contribution in [0.1, 0.15) is 27.2 Å². The third kappa shape index (κ3) is 8.22. The third-order valence-corrected chi connectivity index (χ3v) is 2.10. The smallest absolute Gasteiger partial charge is 0.0120 e. The molecule has 0 spiro atoms. The molecular formula is C8H18S. The first-order chi connectivity index (χ1) is 3.92. The fraction of sp³-hybridized carbons (Fsp3) is 0.875. The van der Waals surface area contributed by atoms with Gasteiger partial charge in [-0.3, -0.25) is 0 Å². The zero-order valence-electron chi connectivity index (χ0n) is 7.03. The molecule has 0 aromatic heterocycles. The van der Waals surface area contributed by atoms with Crippen LogP contribution in [0.25, 0.3) is 0 Å². The predicted octanol–water partition coefficient (Wildman–Crippen LogP) is 2.75. The van der Waals surface area contributed by atoms with Gasteiger partial charge in [0.25, 0.3) is 0 Å². The summed E-state index contributed by atoms with van der Waals surface area (Å²) in [4.78, 5) is 0. The lowest BCUT2D eigenvalue weighted by atomic mass is 9.94. The zero-order valence-corrected chi connectivity index (χ0v) is 7.85. The van der Waals surface area contributed by atoms with E-state index in [4.69, 9.17) is 0 Å². The third-order valence-electron chi connectivity index (χ3n) is 1.20. The topological polar surface area (TPSA) is 0 Å². The van der Waals surface area contributed by atoms with Crippen molar-refractivity contribution in [2.45, 2.75) is 27.2 Å². The van der Waals surface area contributed by atoms with E-state index in [1.807, 2.05) is 0 Å². The maximum absolute atomic E-state index is 3.97. The van der Waals surface area contributed by atoms with Gasteiger partial charge in [-0.05, 0) is 23.8 Å². The van der Waals surface area contributed by atoms with Crippen LogP contribution in [0.4, 0.5) is 0 Å². The summed E-state index contributed by atoms with van der Waals surface area (Å²) >= 11 is 0. The Kier molecular flexibility index (Phi) is 3.49. The molecule has 0 aliphatic heterocycles. The van der Waals surface area contributed by atoms with Crippen LogP contribution in [0.15, 0.2) is 0 Å². The minimum absolute atomic E-state index is 0.388.